The van der Waals surface area contributed by atoms with E-state index < -0.39 is 12.1 Å². The van der Waals surface area contributed by atoms with E-state index in [-0.39, 0.29) is 5.78 Å². The van der Waals surface area contributed by atoms with Crippen LogP contribution in [0.4, 0.5) is 0 Å². The highest BCUT2D eigenvalue weighted by molar-refractivity contribution is 5.95. The largest absolute Gasteiger partial charge is 0.450 e. The number of hydrogen-bond acceptors (Lipinski definition) is 3. The first-order chi connectivity index (χ1) is 6.68. The normalized spacial score (nSPS) is 19.8. The van der Waals surface area contributed by atoms with Crippen molar-refractivity contribution in [2.75, 3.05) is 0 Å². The third-order valence-corrected chi connectivity index (χ3v) is 2.35. The van der Waals surface area contributed by atoms with E-state index in [1.807, 2.05) is 12.1 Å². The zero-order chi connectivity index (χ0) is 10.1. The molecule has 0 spiro atoms. The minimum absolute atomic E-state index is 0.104. The average Bonchev–Trinajstić information content (AvgIpc) is 2.17. The zero-order valence-electron chi connectivity index (χ0n) is 7.82. The van der Waals surface area contributed by atoms with Gasteiger partial charge in [0, 0.05) is 6.42 Å². The number of benzene rings is 1. The van der Waals surface area contributed by atoms with E-state index in [0.29, 0.717) is 12.0 Å². The minimum Gasteiger partial charge on any atom is -0.450 e. The molecule has 1 heterocycles. The number of rotatable bonds is 1. The molecule has 0 N–H and O–H groups in total. The van der Waals surface area contributed by atoms with Crippen LogP contribution in [0.5, 0.6) is 0 Å². The molecule has 3 heteroatoms. The molecule has 2 rings (SSSR count). The van der Waals surface area contributed by atoms with Crippen molar-refractivity contribution in [1.29, 1.82) is 0 Å². The van der Waals surface area contributed by atoms with Gasteiger partial charge in [-0.2, -0.15) is 0 Å². The molecule has 0 aromatic heterocycles. The van der Waals surface area contributed by atoms with Crippen molar-refractivity contribution in [3.8, 4) is 0 Å². The molecule has 1 aromatic carbocycles. The Morgan fingerprint density at radius 2 is 2.14 bits per heavy atom. The molecule has 0 saturated carbocycles. The number of carbonyl (C=O) groups excluding carboxylic acids is 2. The van der Waals surface area contributed by atoms with Crippen molar-refractivity contribution in [2.24, 2.45) is 0 Å². The molecule has 3 nitrogen and oxygen atoms in total. The first-order valence-electron chi connectivity index (χ1n) is 4.48. The summed E-state index contributed by atoms with van der Waals surface area (Å²) >= 11 is 0. The molecule has 14 heavy (non-hydrogen) atoms. The quantitative estimate of drug-likeness (QED) is 0.628. The van der Waals surface area contributed by atoms with Crippen molar-refractivity contribution >= 4 is 11.8 Å². The molecule has 0 unspecified atom stereocenters. The Morgan fingerprint density at radius 1 is 1.43 bits per heavy atom. The molecule has 1 aliphatic rings. The average molecular weight is 190 g/mol. The van der Waals surface area contributed by atoms with Crippen LogP contribution in [0.25, 0.3) is 0 Å². The lowest BCUT2D eigenvalue weighted by Crippen LogP contribution is -2.32. The van der Waals surface area contributed by atoms with Crippen molar-refractivity contribution < 1.29 is 14.3 Å². The highest BCUT2D eigenvalue weighted by Gasteiger charge is 2.28. The number of ketones is 1. The summed E-state index contributed by atoms with van der Waals surface area (Å²) in [4.78, 5) is 22.5. The Labute approximate surface area is 81.7 Å². The van der Waals surface area contributed by atoms with Crippen molar-refractivity contribution in [1.82, 2.24) is 0 Å². The van der Waals surface area contributed by atoms with Gasteiger partial charge >= 0.3 is 5.97 Å². The molecule has 1 atom stereocenters. The predicted octanol–water partition coefficient (Wildman–Crippen LogP) is 1.36. The fourth-order valence-electron chi connectivity index (χ4n) is 1.56. The first-order valence-corrected chi connectivity index (χ1v) is 4.48. The minimum atomic E-state index is -0.600. The Morgan fingerprint density at radius 3 is 2.86 bits per heavy atom. The molecule has 1 aromatic rings. The maximum Gasteiger partial charge on any atom is 0.339 e. The van der Waals surface area contributed by atoms with Gasteiger partial charge in [-0.05, 0) is 18.6 Å². The third-order valence-electron chi connectivity index (χ3n) is 2.35. The summed E-state index contributed by atoms with van der Waals surface area (Å²) in [6, 6.07) is 7.21. The summed E-state index contributed by atoms with van der Waals surface area (Å²) in [6.45, 7) is 1.44. The highest BCUT2D eigenvalue weighted by Crippen LogP contribution is 2.20. The van der Waals surface area contributed by atoms with Crippen molar-refractivity contribution in [2.45, 2.75) is 19.4 Å². The summed E-state index contributed by atoms with van der Waals surface area (Å²) < 4.78 is 4.99. The maximum atomic E-state index is 11.4. The van der Waals surface area contributed by atoms with E-state index in [9.17, 15) is 9.59 Å². The van der Waals surface area contributed by atoms with Gasteiger partial charge in [0.1, 0.15) is 0 Å². The van der Waals surface area contributed by atoms with Crippen LogP contribution in [0.3, 0.4) is 0 Å². The van der Waals surface area contributed by atoms with Crippen LogP contribution in [-0.4, -0.2) is 17.9 Å². The van der Waals surface area contributed by atoms with Gasteiger partial charge in [-0.1, -0.05) is 18.2 Å². The number of esters is 1. The second kappa shape index (κ2) is 3.25. The Hall–Kier alpha value is -1.64. The van der Waals surface area contributed by atoms with Gasteiger partial charge in [0.15, 0.2) is 11.9 Å². The van der Waals surface area contributed by atoms with Gasteiger partial charge in [0.2, 0.25) is 0 Å². The Bertz CT molecular complexity index is 395. The van der Waals surface area contributed by atoms with Crippen molar-refractivity contribution in [3.63, 3.8) is 0 Å². The Kier molecular flexibility index (Phi) is 2.08. The van der Waals surface area contributed by atoms with Gasteiger partial charge in [-0.3, -0.25) is 4.79 Å². The lowest BCUT2D eigenvalue weighted by atomic mass is 9.97. The van der Waals surface area contributed by atoms with Gasteiger partial charge in [-0.15, -0.1) is 0 Å². The molecular formula is C11H10O3. The standard InChI is InChI=1S/C11H10O3/c1-7(12)10-6-8-4-2-3-5-9(8)11(13)14-10/h2-5,10H,6H2,1H3/t10-/m0/s1. The summed E-state index contributed by atoms with van der Waals surface area (Å²) in [6.07, 6.45) is -0.102. The summed E-state index contributed by atoms with van der Waals surface area (Å²) in [5.74, 6) is -0.500. The second-order valence-corrected chi connectivity index (χ2v) is 3.37. The number of cyclic esters (lactones) is 1. The number of hydrogen-bond donors (Lipinski definition) is 0. The summed E-state index contributed by atoms with van der Waals surface area (Å²) in [7, 11) is 0. The maximum absolute atomic E-state index is 11.4. The lowest BCUT2D eigenvalue weighted by Gasteiger charge is -2.22. The summed E-state index contributed by atoms with van der Waals surface area (Å²) in [5.41, 5.74) is 1.47. The van der Waals surface area contributed by atoms with E-state index in [4.69, 9.17) is 4.74 Å². The van der Waals surface area contributed by atoms with Crippen LogP contribution in [-0.2, 0) is 16.0 Å². The van der Waals surface area contributed by atoms with Crippen LogP contribution >= 0.6 is 0 Å². The molecule has 0 bridgehead atoms. The molecular weight excluding hydrogens is 180 g/mol. The Balaban J connectivity index is 2.38. The smallest absolute Gasteiger partial charge is 0.339 e. The van der Waals surface area contributed by atoms with E-state index in [1.165, 1.54) is 6.92 Å². The third kappa shape index (κ3) is 1.41. The molecule has 0 amide bonds. The molecule has 0 fully saturated rings. The second-order valence-electron chi connectivity index (χ2n) is 3.37. The first kappa shape index (κ1) is 8.94. The number of carbonyl (C=O) groups is 2. The van der Waals surface area contributed by atoms with Crippen LogP contribution in [0.2, 0.25) is 0 Å². The number of Topliss-reactive ketones (excluding diaryl/α,β-unsaturated/α-hetero) is 1. The van der Waals surface area contributed by atoms with Crippen molar-refractivity contribution in [3.05, 3.63) is 35.4 Å². The van der Waals surface area contributed by atoms with Gasteiger partial charge < -0.3 is 4.74 Å². The van der Waals surface area contributed by atoms with E-state index >= 15 is 0 Å². The SMILES string of the molecule is CC(=O)[C@@H]1Cc2ccccc2C(=O)O1. The molecule has 1 aliphatic heterocycles. The van der Waals surface area contributed by atoms with Crippen LogP contribution in [0, 0.1) is 0 Å². The monoisotopic (exact) mass is 190 g/mol. The fourth-order valence-corrected chi connectivity index (χ4v) is 1.56. The van der Waals surface area contributed by atoms with Crippen LogP contribution in [0.15, 0.2) is 24.3 Å². The summed E-state index contributed by atoms with van der Waals surface area (Å²) in [5, 5.41) is 0. The fraction of sp³-hybridized carbons (Fsp3) is 0.273. The van der Waals surface area contributed by atoms with Crippen LogP contribution in [0.1, 0.15) is 22.8 Å². The highest BCUT2D eigenvalue weighted by atomic mass is 16.5. The predicted molar refractivity (Wildman–Crippen MR) is 50.0 cm³/mol. The van der Waals surface area contributed by atoms with Crippen LogP contribution < -0.4 is 0 Å². The van der Waals surface area contributed by atoms with Gasteiger partial charge in [0.25, 0.3) is 0 Å². The number of fused-ring (bicyclic) bond motifs is 1. The molecule has 72 valence electrons. The van der Waals surface area contributed by atoms with Gasteiger partial charge in [-0.25, -0.2) is 4.79 Å². The van der Waals surface area contributed by atoms with E-state index in [2.05, 4.69) is 0 Å². The molecule has 0 aliphatic carbocycles. The number of ether oxygens (including phenoxy) is 1. The molecule has 0 saturated heterocycles. The zero-order valence-corrected chi connectivity index (χ0v) is 7.82. The van der Waals surface area contributed by atoms with E-state index in [0.717, 1.165) is 5.56 Å². The lowest BCUT2D eigenvalue weighted by molar-refractivity contribution is -0.125. The molecule has 0 radical (unpaired) electrons. The topological polar surface area (TPSA) is 43.4 Å². The van der Waals surface area contributed by atoms with Gasteiger partial charge in [0.05, 0.1) is 5.56 Å². The van der Waals surface area contributed by atoms with E-state index in [1.54, 1.807) is 12.1 Å².